The van der Waals surface area contributed by atoms with E-state index in [9.17, 15) is 4.79 Å². The van der Waals surface area contributed by atoms with Crippen LogP contribution < -0.4 is 10.1 Å². The zero-order valence-corrected chi connectivity index (χ0v) is 11.4. The number of aliphatic hydroxyl groups excluding tert-OH is 1. The number of hydrogen-bond acceptors (Lipinski definition) is 3. The number of carbonyl (C=O) groups is 1. The molecule has 0 bridgehead atoms. The van der Waals surface area contributed by atoms with Gasteiger partial charge in [0.15, 0.2) is 0 Å². The Morgan fingerprint density at radius 3 is 3.05 bits per heavy atom. The molecule has 5 nitrogen and oxygen atoms in total. The number of aliphatic hydroxyl groups is 1. The van der Waals surface area contributed by atoms with Crippen molar-refractivity contribution < 1.29 is 14.6 Å². The van der Waals surface area contributed by atoms with Crippen LogP contribution in [0.25, 0.3) is 10.9 Å². The minimum atomic E-state index is -0.0654. The van der Waals surface area contributed by atoms with Crippen molar-refractivity contribution in [1.29, 1.82) is 0 Å². The van der Waals surface area contributed by atoms with Gasteiger partial charge in [0.2, 0.25) is 0 Å². The Kier molecular flexibility index (Phi) is 3.36. The number of H-pyrrole nitrogens is 1. The molecule has 0 aliphatic carbocycles. The number of aromatic amines is 1. The molecule has 0 spiro atoms. The largest absolute Gasteiger partial charge is 0.497 e. The SMILES string of the molecule is COc1ccc2[nH]c3c(c2c1)CC(CCCO)NC3=O. The Hall–Kier alpha value is -2.01. The highest BCUT2D eigenvalue weighted by atomic mass is 16.5. The minimum Gasteiger partial charge on any atom is -0.497 e. The van der Waals surface area contributed by atoms with Crippen LogP contribution in [0.4, 0.5) is 0 Å². The van der Waals surface area contributed by atoms with Gasteiger partial charge in [-0.25, -0.2) is 0 Å². The molecule has 0 fully saturated rings. The standard InChI is InChI=1S/C15H18N2O3/c1-20-10-4-5-13-11(8-10)12-7-9(3-2-6-18)16-15(19)14(12)17-13/h4-5,8-9,17-18H,2-3,6-7H2,1H3,(H,16,19). The molecule has 0 radical (unpaired) electrons. The molecular formula is C15H18N2O3. The molecule has 1 aliphatic heterocycles. The lowest BCUT2D eigenvalue weighted by atomic mass is 9.95. The molecule has 2 aromatic rings. The number of amides is 1. The van der Waals surface area contributed by atoms with E-state index in [4.69, 9.17) is 9.84 Å². The van der Waals surface area contributed by atoms with Gasteiger partial charge in [-0.1, -0.05) is 0 Å². The molecule has 1 unspecified atom stereocenters. The fraction of sp³-hybridized carbons (Fsp3) is 0.400. The summed E-state index contributed by atoms with van der Waals surface area (Å²) in [5.41, 5.74) is 2.65. The Morgan fingerprint density at radius 1 is 1.45 bits per heavy atom. The summed E-state index contributed by atoms with van der Waals surface area (Å²) < 4.78 is 5.25. The molecule has 1 atom stereocenters. The van der Waals surface area contributed by atoms with Gasteiger partial charge in [0, 0.05) is 23.6 Å². The molecule has 2 heterocycles. The first-order valence-electron chi connectivity index (χ1n) is 6.83. The van der Waals surface area contributed by atoms with Gasteiger partial charge < -0.3 is 20.1 Å². The van der Waals surface area contributed by atoms with Crippen molar-refractivity contribution in [3.63, 3.8) is 0 Å². The first-order chi connectivity index (χ1) is 9.72. The Bertz CT molecular complexity index is 648. The van der Waals surface area contributed by atoms with Crippen LogP contribution in [0, 0.1) is 0 Å². The van der Waals surface area contributed by atoms with Gasteiger partial charge in [-0.2, -0.15) is 0 Å². The van der Waals surface area contributed by atoms with Crippen LogP contribution in [0.1, 0.15) is 28.9 Å². The van der Waals surface area contributed by atoms with E-state index < -0.39 is 0 Å². The smallest absolute Gasteiger partial charge is 0.268 e. The van der Waals surface area contributed by atoms with Crippen LogP contribution in [-0.2, 0) is 6.42 Å². The molecule has 0 saturated carbocycles. The maximum absolute atomic E-state index is 12.1. The Balaban J connectivity index is 2.01. The third-order valence-electron chi connectivity index (χ3n) is 3.84. The van der Waals surface area contributed by atoms with E-state index in [-0.39, 0.29) is 18.6 Å². The van der Waals surface area contributed by atoms with Crippen molar-refractivity contribution in [2.45, 2.75) is 25.3 Å². The van der Waals surface area contributed by atoms with Crippen molar-refractivity contribution in [2.75, 3.05) is 13.7 Å². The first kappa shape index (κ1) is 13.0. The van der Waals surface area contributed by atoms with E-state index in [2.05, 4.69) is 10.3 Å². The molecule has 1 aromatic carbocycles. The number of fused-ring (bicyclic) bond motifs is 3. The van der Waals surface area contributed by atoms with Crippen molar-refractivity contribution in [2.24, 2.45) is 0 Å². The number of benzene rings is 1. The second-order valence-corrected chi connectivity index (χ2v) is 5.13. The second kappa shape index (κ2) is 5.17. The van der Waals surface area contributed by atoms with E-state index in [1.54, 1.807) is 7.11 Å². The van der Waals surface area contributed by atoms with E-state index in [1.165, 1.54) is 0 Å². The zero-order valence-electron chi connectivity index (χ0n) is 11.4. The van der Waals surface area contributed by atoms with Crippen molar-refractivity contribution >= 4 is 16.8 Å². The molecule has 106 valence electrons. The number of carbonyl (C=O) groups excluding carboxylic acids is 1. The summed E-state index contributed by atoms with van der Waals surface area (Å²) in [6.07, 6.45) is 2.28. The summed E-state index contributed by atoms with van der Waals surface area (Å²) in [5.74, 6) is 0.724. The van der Waals surface area contributed by atoms with Gasteiger partial charge in [-0.3, -0.25) is 4.79 Å². The quantitative estimate of drug-likeness (QED) is 0.793. The Labute approximate surface area is 116 Å². The Morgan fingerprint density at radius 2 is 2.30 bits per heavy atom. The summed E-state index contributed by atoms with van der Waals surface area (Å²) in [6.45, 7) is 0.154. The second-order valence-electron chi connectivity index (χ2n) is 5.13. The predicted molar refractivity (Wildman–Crippen MR) is 76.1 cm³/mol. The van der Waals surface area contributed by atoms with Gasteiger partial charge in [-0.15, -0.1) is 0 Å². The topological polar surface area (TPSA) is 74.3 Å². The lowest BCUT2D eigenvalue weighted by molar-refractivity contribution is 0.0916. The average molecular weight is 274 g/mol. The number of ether oxygens (including phenoxy) is 1. The van der Waals surface area contributed by atoms with Gasteiger partial charge in [-0.05, 0) is 43.0 Å². The van der Waals surface area contributed by atoms with E-state index >= 15 is 0 Å². The summed E-state index contributed by atoms with van der Waals surface area (Å²) in [6, 6.07) is 5.87. The molecule has 5 heteroatoms. The molecule has 1 aliphatic rings. The molecule has 1 amide bonds. The van der Waals surface area contributed by atoms with Crippen LogP contribution in [0.2, 0.25) is 0 Å². The highest BCUT2D eigenvalue weighted by Crippen LogP contribution is 2.30. The molecule has 20 heavy (non-hydrogen) atoms. The van der Waals surface area contributed by atoms with Crippen LogP contribution >= 0.6 is 0 Å². The summed E-state index contributed by atoms with van der Waals surface area (Å²) in [5, 5.41) is 13.0. The van der Waals surface area contributed by atoms with Gasteiger partial charge in [0.25, 0.3) is 5.91 Å². The van der Waals surface area contributed by atoms with Gasteiger partial charge in [0.1, 0.15) is 11.4 Å². The van der Waals surface area contributed by atoms with Crippen LogP contribution in [0.5, 0.6) is 5.75 Å². The maximum atomic E-state index is 12.1. The van der Waals surface area contributed by atoms with Crippen molar-refractivity contribution in [3.05, 3.63) is 29.5 Å². The van der Waals surface area contributed by atoms with Crippen LogP contribution in [0.3, 0.4) is 0 Å². The van der Waals surface area contributed by atoms with Crippen molar-refractivity contribution in [3.8, 4) is 5.75 Å². The zero-order chi connectivity index (χ0) is 14.1. The fourth-order valence-corrected chi connectivity index (χ4v) is 2.83. The van der Waals surface area contributed by atoms with E-state index in [0.717, 1.165) is 35.1 Å². The normalized spacial score (nSPS) is 17.9. The molecule has 1 aromatic heterocycles. The maximum Gasteiger partial charge on any atom is 0.268 e. The van der Waals surface area contributed by atoms with Crippen molar-refractivity contribution in [1.82, 2.24) is 10.3 Å². The molecule has 3 rings (SSSR count). The molecule has 0 saturated heterocycles. The number of hydrogen-bond donors (Lipinski definition) is 3. The molecule has 3 N–H and O–H groups in total. The fourth-order valence-electron chi connectivity index (χ4n) is 2.83. The van der Waals surface area contributed by atoms with Crippen LogP contribution in [-0.4, -0.2) is 35.8 Å². The lowest BCUT2D eigenvalue weighted by Gasteiger charge is -2.23. The average Bonchev–Trinajstić information content (AvgIpc) is 2.83. The molecular weight excluding hydrogens is 256 g/mol. The third kappa shape index (κ3) is 2.14. The summed E-state index contributed by atoms with van der Waals surface area (Å²) in [7, 11) is 1.64. The summed E-state index contributed by atoms with van der Waals surface area (Å²) >= 11 is 0. The van der Waals surface area contributed by atoms with E-state index in [1.807, 2.05) is 18.2 Å². The first-order valence-corrected chi connectivity index (χ1v) is 6.83. The van der Waals surface area contributed by atoms with E-state index in [0.29, 0.717) is 12.1 Å². The van der Waals surface area contributed by atoms with Gasteiger partial charge >= 0.3 is 0 Å². The minimum absolute atomic E-state index is 0.0654. The highest BCUT2D eigenvalue weighted by molar-refractivity contribution is 6.02. The number of aromatic nitrogens is 1. The van der Waals surface area contributed by atoms with Gasteiger partial charge in [0.05, 0.1) is 7.11 Å². The lowest BCUT2D eigenvalue weighted by Crippen LogP contribution is -2.41. The monoisotopic (exact) mass is 274 g/mol. The van der Waals surface area contributed by atoms with Crippen LogP contribution in [0.15, 0.2) is 18.2 Å². The number of rotatable bonds is 4. The number of nitrogens with one attached hydrogen (secondary N) is 2. The number of methoxy groups -OCH3 is 1. The highest BCUT2D eigenvalue weighted by Gasteiger charge is 2.27. The third-order valence-corrected chi connectivity index (χ3v) is 3.84. The summed E-state index contributed by atoms with van der Waals surface area (Å²) in [4.78, 5) is 15.3. The predicted octanol–water partition coefficient (Wildman–Crippen LogP) is 1.60.